The van der Waals surface area contributed by atoms with Crippen LogP contribution in [-0.4, -0.2) is 42.0 Å². The van der Waals surface area contributed by atoms with Crippen molar-refractivity contribution < 1.29 is 9.53 Å². The Labute approximate surface area is 158 Å². The Morgan fingerprint density at radius 2 is 2.12 bits per heavy atom. The number of ether oxygens (including phenoxy) is 1. The van der Waals surface area contributed by atoms with E-state index in [0.717, 1.165) is 35.7 Å². The average molecular weight is 382 g/mol. The third-order valence-corrected chi connectivity index (χ3v) is 5.60. The van der Waals surface area contributed by atoms with Gasteiger partial charge in [-0.15, -0.1) is 23.7 Å². The highest BCUT2D eigenvalue weighted by Crippen LogP contribution is 2.29. The highest BCUT2D eigenvalue weighted by atomic mass is 35.5. The summed E-state index contributed by atoms with van der Waals surface area (Å²) in [6.45, 7) is 3.51. The topological polar surface area (TPSA) is 68.5 Å². The minimum absolute atomic E-state index is 0. The first-order chi connectivity index (χ1) is 11.6. The van der Waals surface area contributed by atoms with Crippen LogP contribution in [0.4, 0.5) is 0 Å². The first-order valence-electron chi connectivity index (χ1n) is 8.23. The first-order valence-corrected chi connectivity index (χ1v) is 9.05. The van der Waals surface area contributed by atoms with Crippen molar-refractivity contribution in [2.75, 3.05) is 20.2 Å². The molecule has 2 heterocycles. The lowest BCUT2D eigenvalue weighted by Gasteiger charge is -2.37. The van der Waals surface area contributed by atoms with Crippen molar-refractivity contribution in [1.29, 1.82) is 0 Å². The molecule has 7 heteroatoms. The van der Waals surface area contributed by atoms with Crippen molar-refractivity contribution in [1.82, 2.24) is 9.88 Å². The number of halogens is 1. The van der Waals surface area contributed by atoms with Gasteiger partial charge in [-0.3, -0.25) is 4.79 Å². The summed E-state index contributed by atoms with van der Waals surface area (Å²) in [6.07, 6.45) is 3.69. The number of aromatic nitrogens is 1. The number of benzene rings is 1. The predicted molar refractivity (Wildman–Crippen MR) is 104 cm³/mol. The molecule has 0 bridgehead atoms. The molecule has 2 atom stereocenters. The van der Waals surface area contributed by atoms with Crippen LogP contribution in [-0.2, 0) is 0 Å². The van der Waals surface area contributed by atoms with E-state index >= 15 is 0 Å². The lowest BCUT2D eigenvalue weighted by molar-refractivity contribution is 0.0578. The van der Waals surface area contributed by atoms with Gasteiger partial charge in [0.1, 0.15) is 15.6 Å². The highest BCUT2D eigenvalue weighted by molar-refractivity contribution is 7.16. The van der Waals surface area contributed by atoms with Gasteiger partial charge in [-0.2, -0.15) is 0 Å². The monoisotopic (exact) mass is 381 g/mol. The summed E-state index contributed by atoms with van der Waals surface area (Å²) in [7, 11) is 1.64. The van der Waals surface area contributed by atoms with Crippen LogP contribution in [0.1, 0.15) is 29.4 Å². The Balaban J connectivity index is 0.00000225. The molecule has 1 aliphatic heterocycles. The van der Waals surface area contributed by atoms with Gasteiger partial charge in [-0.1, -0.05) is 6.92 Å². The minimum Gasteiger partial charge on any atom is -0.497 e. The molecule has 0 aliphatic carbocycles. The number of nitrogens with zero attached hydrogens (tertiary/aromatic N) is 2. The molecule has 1 amide bonds. The van der Waals surface area contributed by atoms with Crippen LogP contribution in [0.25, 0.3) is 10.6 Å². The number of nitrogens with two attached hydrogens (primary N) is 1. The number of carbonyl (C=O) groups excluding carboxylic acids is 1. The fraction of sp³-hybridized carbons (Fsp3) is 0.444. The van der Waals surface area contributed by atoms with Crippen LogP contribution in [0.5, 0.6) is 5.75 Å². The molecule has 5 nitrogen and oxygen atoms in total. The molecule has 2 unspecified atom stereocenters. The molecule has 1 saturated heterocycles. The highest BCUT2D eigenvalue weighted by Gasteiger charge is 2.30. The quantitative estimate of drug-likeness (QED) is 0.880. The van der Waals surface area contributed by atoms with Gasteiger partial charge < -0.3 is 15.4 Å². The Morgan fingerprint density at radius 1 is 1.40 bits per heavy atom. The molecule has 1 aliphatic rings. The Morgan fingerprint density at radius 3 is 2.76 bits per heavy atom. The standard InChI is InChI=1S/C18H23N3O2S.ClH/c1-12-7-8-21(14(9-12)10-19)18(22)16-11-20-17(24-16)13-3-5-15(23-2)6-4-13;/h3-6,11-12,14H,7-10,19H2,1-2H3;1H. The summed E-state index contributed by atoms with van der Waals surface area (Å²) in [5, 5.41) is 0.843. The predicted octanol–water partition coefficient (Wildman–Crippen LogP) is 3.44. The number of rotatable bonds is 4. The molecule has 136 valence electrons. The van der Waals surface area contributed by atoms with Crippen LogP contribution in [0.2, 0.25) is 0 Å². The van der Waals surface area contributed by atoms with Crippen molar-refractivity contribution in [3.63, 3.8) is 0 Å². The Hall–Kier alpha value is -1.63. The molecular weight excluding hydrogens is 358 g/mol. The van der Waals surface area contributed by atoms with Gasteiger partial charge in [0.15, 0.2) is 0 Å². The van der Waals surface area contributed by atoms with E-state index in [9.17, 15) is 4.79 Å². The molecule has 2 aromatic rings. The smallest absolute Gasteiger partial charge is 0.265 e. The van der Waals surface area contributed by atoms with E-state index < -0.39 is 0 Å². The summed E-state index contributed by atoms with van der Waals surface area (Å²) in [5.74, 6) is 1.48. The van der Waals surface area contributed by atoms with E-state index in [1.807, 2.05) is 29.2 Å². The van der Waals surface area contributed by atoms with E-state index in [1.165, 1.54) is 11.3 Å². The van der Waals surface area contributed by atoms with Gasteiger partial charge in [0.05, 0.1) is 13.3 Å². The SMILES string of the molecule is COc1ccc(-c2ncc(C(=O)N3CCC(C)CC3CN)s2)cc1.Cl. The fourth-order valence-corrected chi connectivity index (χ4v) is 4.00. The number of methoxy groups -OCH3 is 1. The zero-order valence-corrected chi connectivity index (χ0v) is 16.1. The van der Waals surface area contributed by atoms with Crippen LogP contribution >= 0.6 is 23.7 Å². The second kappa shape index (κ2) is 8.65. The Bertz CT molecular complexity index is 705. The number of hydrogen-bond donors (Lipinski definition) is 1. The molecule has 0 radical (unpaired) electrons. The van der Waals surface area contributed by atoms with Gasteiger partial charge in [-0.05, 0) is 43.0 Å². The first kappa shape index (κ1) is 19.7. The summed E-state index contributed by atoms with van der Waals surface area (Å²) in [5.41, 5.74) is 6.87. The molecule has 1 aromatic heterocycles. The minimum atomic E-state index is 0. The molecule has 2 N–H and O–H groups in total. The number of carbonyl (C=O) groups is 1. The lowest BCUT2D eigenvalue weighted by Crippen LogP contribution is -2.49. The maximum atomic E-state index is 12.8. The lowest BCUT2D eigenvalue weighted by atomic mass is 9.92. The molecule has 0 saturated carbocycles. The van der Waals surface area contributed by atoms with E-state index in [0.29, 0.717) is 17.3 Å². The van der Waals surface area contributed by atoms with Gasteiger partial charge in [-0.25, -0.2) is 4.98 Å². The maximum Gasteiger partial charge on any atom is 0.265 e. The third-order valence-electron chi connectivity index (χ3n) is 4.56. The fourth-order valence-electron chi connectivity index (χ4n) is 3.12. The summed E-state index contributed by atoms with van der Waals surface area (Å²) < 4.78 is 5.17. The number of amides is 1. The largest absolute Gasteiger partial charge is 0.497 e. The molecule has 0 spiro atoms. The van der Waals surface area contributed by atoms with E-state index in [-0.39, 0.29) is 24.4 Å². The Kier molecular flexibility index (Phi) is 6.81. The van der Waals surface area contributed by atoms with Gasteiger partial charge >= 0.3 is 0 Å². The van der Waals surface area contributed by atoms with Crippen molar-refractivity contribution in [3.8, 4) is 16.3 Å². The van der Waals surface area contributed by atoms with Crippen molar-refractivity contribution in [2.45, 2.75) is 25.8 Å². The van der Waals surface area contributed by atoms with Crippen molar-refractivity contribution in [2.24, 2.45) is 11.7 Å². The van der Waals surface area contributed by atoms with Crippen molar-refractivity contribution in [3.05, 3.63) is 35.3 Å². The molecule has 1 fully saturated rings. The van der Waals surface area contributed by atoms with Crippen LogP contribution < -0.4 is 10.5 Å². The number of hydrogen-bond acceptors (Lipinski definition) is 5. The number of piperidine rings is 1. The summed E-state index contributed by atoms with van der Waals surface area (Å²) in [4.78, 5) is 19.9. The summed E-state index contributed by atoms with van der Waals surface area (Å²) >= 11 is 1.43. The van der Waals surface area contributed by atoms with Crippen LogP contribution in [0, 0.1) is 5.92 Å². The second-order valence-electron chi connectivity index (χ2n) is 6.28. The molecule has 3 rings (SSSR count). The molecule has 1 aromatic carbocycles. The molecule has 25 heavy (non-hydrogen) atoms. The van der Waals surface area contributed by atoms with E-state index in [4.69, 9.17) is 10.5 Å². The second-order valence-corrected chi connectivity index (χ2v) is 7.31. The average Bonchev–Trinajstić information content (AvgIpc) is 3.11. The number of thiazole rings is 1. The zero-order chi connectivity index (χ0) is 17.1. The van der Waals surface area contributed by atoms with E-state index in [1.54, 1.807) is 13.3 Å². The van der Waals surface area contributed by atoms with Crippen molar-refractivity contribution >= 4 is 29.7 Å². The van der Waals surface area contributed by atoms with Gasteiger partial charge in [0.25, 0.3) is 5.91 Å². The van der Waals surface area contributed by atoms with Gasteiger partial charge in [0, 0.05) is 24.7 Å². The van der Waals surface area contributed by atoms with Gasteiger partial charge in [0.2, 0.25) is 0 Å². The van der Waals surface area contributed by atoms with E-state index in [2.05, 4.69) is 11.9 Å². The normalized spacial score (nSPS) is 20.0. The van der Waals surface area contributed by atoms with Crippen LogP contribution in [0.3, 0.4) is 0 Å². The maximum absolute atomic E-state index is 12.8. The summed E-state index contributed by atoms with van der Waals surface area (Å²) in [6, 6.07) is 7.84. The third kappa shape index (κ3) is 4.32. The molecular formula is C18H24ClN3O2S. The zero-order valence-electron chi connectivity index (χ0n) is 14.5. The number of likely N-dealkylation sites (tertiary alicyclic amines) is 1. The van der Waals surface area contributed by atoms with Crippen LogP contribution in [0.15, 0.2) is 30.5 Å².